The van der Waals surface area contributed by atoms with Crippen LogP contribution >= 0.6 is 0 Å². The van der Waals surface area contributed by atoms with Crippen molar-refractivity contribution in [3.05, 3.63) is 136 Å². The molecule has 6 aromatic rings. The van der Waals surface area contributed by atoms with Crippen molar-refractivity contribution >= 4 is 49.9 Å². The topological polar surface area (TPSA) is 212 Å². The van der Waals surface area contributed by atoms with Crippen molar-refractivity contribution in [1.29, 1.82) is 0 Å². The third-order valence-electron chi connectivity index (χ3n) is 14.1. The van der Waals surface area contributed by atoms with Crippen molar-refractivity contribution in [3.63, 3.8) is 0 Å². The Labute approximate surface area is 401 Å². The summed E-state index contributed by atoms with van der Waals surface area (Å²) in [5.41, 5.74) is 4.87. The Morgan fingerprint density at radius 2 is 1.65 bits per heavy atom. The van der Waals surface area contributed by atoms with Crippen LogP contribution in [-0.4, -0.2) is 90.5 Å². The number of nitro groups is 1. The molecule has 3 aliphatic rings. The zero-order valence-corrected chi connectivity index (χ0v) is 39.6. The molecular weight excluding hydrogens is 897 g/mol. The van der Waals surface area contributed by atoms with Gasteiger partial charge in [0.2, 0.25) is 5.91 Å². The van der Waals surface area contributed by atoms with E-state index in [0.29, 0.717) is 48.8 Å². The first kappa shape index (κ1) is 47.3. The number of piperidine rings is 1. The van der Waals surface area contributed by atoms with Crippen LogP contribution < -0.4 is 25.0 Å². The molecule has 69 heavy (non-hydrogen) atoms. The number of nitrogens with zero attached hydrogens (tertiary/aromatic N) is 4. The molecule has 2 aliphatic heterocycles. The van der Waals surface area contributed by atoms with Crippen LogP contribution in [0.3, 0.4) is 0 Å². The summed E-state index contributed by atoms with van der Waals surface area (Å²) in [5.74, 6) is 0.106. The number of H-pyrrole nitrogens is 1. The average molecular weight is 955 g/mol. The van der Waals surface area contributed by atoms with Gasteiger partial charge in [-0.2, -0.15) is 0 Å². The van der Waals surface area contributed by atoms with Gasteiger partial charge in [-0.05, 0) is 148 Å². The number of benzene rings is 4. The average Bonchev–Trinajstić information content (AvgIpc) is 4.04. The summed E-state index contributed by atoms with van der Waals surface area (Å²) in [6.07, 6.45) is 9.93. The number of carbonyl (C=O) groups excluding carboxylic acids is 2. The minimum Gasteiger partial charge on any atom is -0.455 e. The van der Waals surface area contributed by atoms with Gasteiger partial charge in [-0.15, -0.1) is 0 Å². The number of fused-ring (bicyclic) bond motifs is 1. The van der Waals surface area contributed by atoms with Gasteiger partial charge in [-0.25, -0.2) is 18.1 Å². The van der Waals surface area contributed by atoms with E-state index in [9.17, 15) is 33.2 Å². The fourth-order valence-corrected chi connectivity index (χ4v) is 11.2. The second-order valence-corrected chi connectivity index (χ2v) is 20.5. The lowest BCUT2D eigenvalue weighted by Crippen LogP contribution is -2.42. The number of hydrogen-bond donors (Lipinski definition) is 5. The second kappa shape index (κ2) is 20.0. The maximum atomic E-state index is 14.0. The van der Waals surface area contributed by atoms with Gasteiger partial charge in [-0.1, -0.05) is 42.5 Å². The summed E-state index contributed by atoms with van der Waals surface area (Å²) in [6, 6.07) is 29.2. The molecule has 0 spiro atoms. The van der Waals surface area contributed by atoms with Gasteiger partial charge in [0.15, 0.2) is 0 Å². The Balaban J connectivity index is 0.942. The number of likely N-dealkylation sites (tertiary alicyclic amines) is 1. The Morgan fingerprint density at radius 1 is 0.913 bits per heavy atom. The molecule has 4 aromatic carbocycles. The summed E-state index contributed by atoms with van der Waals surface area (Å²) in [7, 11) is -2.81. The van der Waals surface area contributed by atoms with Crippen LogP contribution in [0.1, 0.15) is 91.7 Å². The van der Waals surface area contributed by atoms with Crippen molar-refractivity contribution in [2.75, 3.05) is 50.0 Å². The fraction of sp³-hybridized carbons (Fsp3) is 0.365. The highest BCUT2D eigenvalue weighted by molar-refractivity contribution is 7.90. The number of aromatic amines is 1. The van der Waals surface area contributed by atoms with Gasteiger partial charge < -0.3 is 35.3 Å². The van der Waals surface area contributed by atoms with E-state index < -0.39 is 37.0 Å². The zero-order valence-electron chi connectivity index (χ0n) is 38.8. The first-order chi connectivity index (χ1) is 33.2. The highest BCUT2D eigenvalue weighted by atomic mass is 32.2. The molecule has 1 aliphatic carbocycles. The number of sulfonamides is 1. The molecule has 16 nitrogen and oxygen atoms in total. The smallest absolute Gasteiger partial charge is 0.293 e. The van der Waals surface area contributed by atoms with E-state index in [0.717, 1.165) is 80.9 Å². The van der Waals surface area contributed by atoms with E-state index in [1.807, 2.05) is 23.1 Å². The molecule has 2 saturated heterocycles. The summed E-state index contributed by atoms with van der Waals surface area (Å²) < 4.78 is 36.0. The Kier molecular flexibility index (Phi) is 13.7. The van der Waals surface area contributed by atoms with Crippen molar-refractivity contribution in [2.45, 2.75) is 80.7 Å². The van der Waals surface area contributed by atoms with E-state index in [1.54, 1.807) is 38.4 Å². The first-order valence-electron chi connectivity index (χ1n) is 23.7. The number of carbonyl (C=O) groups is 2. The number of ether oxygens (including phenoxy) is 1. The molecule has 0 bridgehead atoms. The lowest BCUT2D eigenvalue weighted by Gasteiger charge is -2.35. The third kappa shape index (κ3) is 10.6. The summed E-state index contributed by atoms with van der Waals surface area (Å²) in [6.45, 7) is 4.98. The lowest BCUT2D eigenvalue weighted by atomic mass is 9.80. The number of rotatable bonds is 15. The monoisotopic (exact) mass is 954 g/mol. The standard InChI is InChI=1S/C52H58N8O8S/c1-52(63)22-17-34(18-23-52)31-55-45-16-14-41(30-47(45)60(64)65)69(66,67)57-51(62)44-15-11-37(29-48(44)68-40-28-38-19-24-54-50(38)56-32-40)35-9-12-39(13-10-35)59-25-5-8-46(59)43-7-4-3-6-42(43)36-20-26-58(27-21-36)49(61)33-53-2/h3-4,6-7,9-16,19,24,28-30,32,34,36,46,53,55,63H,5,8,17-18,20-23,25-27,31,33H2,1-2H3,(H,54,56)(H,57,62)/t34-,46-,52-/m1/s1. The van der Waals surface area contributed by atoms with Crippen LogP contribution in [0.2, 0.25) is 0 Å². The number of anilines is 2. The molecule has 17 heteroatoms. The van der Waals surface area contributed by atoms with Crippen molar-refractivity contribution in [1.82, 2.24) is 24.9 Å². The van der Waals surface area contributed by atoms with Gasteiger partial charge in [0.25, 0.3) is 21.6 Å². The molecule has 0 radical (unpaired) electrons. The van der Waals surface area contributed by atoms with E-state index in [1.165, 1.54) is 35.5 Å². The van der Waals surface area contributed by atoms with Crippen LogP contribution in [0.5, 0.6) is 11.5 Å². The largest absolute Gasteiger partial charge is 0.455 e. The SMILES string of the molecule is CNCC(=O)N1CCC(c2ccccc2[C@H]2CCCN2c2ccc(-c3ccc(C(=O)NS(=O)(=O)c4ccc(NC[C@H]5CC[C@](C)(O)CC5)c([N+](=O)[O-])c4)c(Oc4cnc5[nH]ccc5c4)c3)cc2)CC1. The predicted molar refractivity (Wildman–Crippen MR) is 265 cm³/mol. The van der Waals surface area contributed by atoms with Crippen LogP contribution in [0.4, 0.5) is 17.1 Å². The molecular formula is C52H58N8O8S. The molecule has 5 N–H and O–H groups in total. The minimum absolute atomic E-state index is 0.0733. The summed E-state index contributed by atoms with van der Waals surface area (Å²) >= 11 is 0. The third-order valence-corrected chi connectivity index (χ3v) is 15.4. The van der Waals surface area contributed by atoms with E-state index >= 15 is 0 Å². The summed E-state index contributed by atoms with van der Waals surface area (Å²) in [5, 5.41) is 29.4. The lowest BCUT2D eigenvalue weighted by molar-refractivity contribution is -0.384. The molecule has 1 saturated carbocycles. The number of hydrogen-bond acceptors (Lipinski definition) is 12. The van der Waals surface area contributed by atoms with Crippen molar-refractivity contribution < 1.29 is 32.8 Å². The van der Waals surface area contributed by atoms with Gasteiger partial charge in [-0.3, -0.25) is 19.7 Å². The Morgan fingerprint density at radius 3 is 2.39 bits per heavy atom. The maximum absolute atomic E-state index is 14.0. The zero-order chi connectivity index (χ0) is 48.3. The van der Waals surface area contributed by atoms with Gasteiger partial charge in [0, 0.05) is 49.5 Å². The van der Waals surface area contributed by atoms with Gasteiger partial charge in [0.05, 0.1) is 39.8 Å². The van der Waals surface area contributed by atoms with Crippen LogP contribution in [0.25, 0.3) is 22.2 Å². The predicted octanol–water partition coefficient (Wildman–Crippen LogP) is 8.67. The number of likely N-dealkylation sites (N-methyl/N-ethyl adjacent to an activating group) is 1. The first-order valence-corrected chi connectivity index (χ1v) is 25.2. The van der Waals surface area contributed by atoms with E-state index in [4.69, 9.17) is 4.74 Å². The number of nitrogens with one attached hydrogen (secondary N) is 4. The normalized spacial score (nSPS) is 19.9. The minimum atomic E-state index is -4.61. The van der Waals surface area contributed by atoms with Crippen LogP contribution in [-0.2, 0) is 14.8 Å². The highest BCUT2D eigenvalue weighted by Gasteiger charge is 2.33. The second-order valence-electron chi connectivity index (χ2n) is 18.8. The number of pyridine rings is 1. The molecule has 1 atom stereocenters. The quantitative estimate of drug-likeness (QED) is 0.0484. The number of amides is 2. The van der Waals surface area contributed by atoms with Crippen LogP contribution in [0.15, 0.2) is 114 Å². The Bertz CT molecular complexity index is 2960. The van der Waals surface area contributed by atoms with Gasteiger partial charge in [0.1, 0.15) is 22.8 Å². The van der Waals surface area contributed by atoms with Crippen molar-refractivity contribution in [2.24, 2.45) is 5.92 Å². The summed E-state index contributed by atoms with van der Waals surface area (Å²) in [4.78, 5) is 49.6. The van der Waals surface area contributed by atoms with E-state index in [2.05, 4.69) is 66.6 Å². The molecule has 2 aromatic heterocycles. The van der Waals surface area contributed by atoms with Crippen molar-refractivity contribution in [3.8, 4) is 22.6 Å². The number of aromatic nitrogens is 2. The fourth-order valence-electron chi connectivity index (χ4n) is 10.2. The molecule has 2 amide bonds. The highest BCUT2D eigenvalue weighted by Crippen LogP contribution is 2.42. The molecule has 3 fully saturated rings. The molecule has 4 heterocycles. The Hall–Kier alpha value is -6.82. The molecule has 360 valence electrons. The van der Waals surface area contributed by atoms with Gasteiger partial charge >= 0.3 is 0 Å². The van der Waals surface area contributed by atoms with Crippen LogP contribution in [0, 0.1) is 16.0 Å². The number of nitro benzene ring substituents is 1. The maximum Gasteiger partial charge on any atom is 0.293 e. The number of aliphatic hydroxyl groups is 1. The molecule has 9 rings (SSSR count). The van der Waals surface area contributed by atoms with E-state index in [-0.39, 0.29) is 34.9 Å². The molecule has 0 unspecified atom stereocenters.